The Balaban J connectivity index is 1.90. The van der Waals surface area contributed by atoms with Crippen LogP contribution in [0.4, 0.5) is 0 Å². The maximum absolute atomic E-state index is 10.1. The van der Waals surface area contributed by atoms with Crippen molar-refractivity contribution in [1.82, 2.24) is 9.55 Å². The average molecular weight is 465 g/mol. The first-order valence-corrected chi connectivity index (χ1v) is 11.4. The third kappa shape index (κ3) is 6.25. The average Bonchev–Trinajstić information content (AvgIpc) is 2.99. The number of hydrogen-bond donors (Lipinski definition) is 1. The molecule has 0 aliphatic carbocycles. The third-order valence-corrected chi connectivity index (χ3v) is 5.94. The summed E-state index contributed by atoms with van der Waals surface area (Å²) in [6.45, 7) is 7.29. The molecule has 7 heteroatoms. The van der Waals surface area contributed by atoms with Gasteiger partial charge in [0.1, 0.15) is 17.5 Å². The van der Waals surface area contributed by atoms with Crippen LogP contribution in [-0.4, -0.2) is 20.8 Å². The maximum atomic E-state index is 10.1. The number of ether oxygens (including phenoxy) is 1. The van der Waals surface area contributed by atoms with Gasteiger partial charge in [0.25, 0.3) is 0 Å². The minimum absolute atomic E-state index is 0.213. The Kier molecular flexibility index (Phi) is 8.26. The van der Waals surface area contributed by atoms with Crippen LogP contribution in [-0.2, 0) is 24.5 Å². The van der Waals surface area contributed by atoms with E-state index in [-0.39, 0.29) is 5.92 Å². The lowest BCUT2D eigenvalue weighted by Crippen LogP contribution is -2.16. The lowest BCUT2D eigenvalue weighted by Gasteiger charge is -2.15. The van der Waals surface area contributed by atoms with Crippen molar-refractivity contribution in [3.05, 3.63) is 75.7 Å². The summed E-state index contributed by atoms with van der Waals surface area (Å²) < 4.78 is 7.99. The van der Waals surface area contributed by atoms with Gasteiger partial charge in [0.2, 0.25) is 0 Å². The molecular weight excluding hydrogens is 439 g/mol. The maximum Gasteiger partial charge on any atom is 0.136 e. The number of aliphatic hydroxyl groups excluding tert-OH is 1. The molecule has 0 aliphatic rings. The first-order valence-electron chi connectivity index (χ1n) is 9.86. The quantitative estimate of drug-likeness (QED) is 0.389. The second-order valence-corrected chi connectivity index (χ2v) is 9.45. The summed E-state index contributed by atoms with van der Waals surface area (Å²) in [7, 11) is 0. The van der Waals surface area contributed by atoms with Crippen molar-refractivity contribution in [3.63, 3.8) is 0 Å². The summed E-state index contributed by atoms with van der Waals surface area (Å²) in [5.74, 6) is 1.01. The first kappa shape index (κ1) is 23.2. The van der Waals surface area contributed by atoms with Crippen molar-refractivity contribution in [2.45, 2.75) is 62.5 Å². The van der Waals surface area contributed by atoms with E-state index in [2.05, 4.69) is 13.8 Å². The molecule has 0 fully saturated rings. The van der Waals surface area contributed by atoms with Crippen molar-refractivity contribution < 1.29 is 9.84 Å². The standard InChI is InChI=1S/C23H26Cl2N2O2S/c1-15(2)22-23(30-20-10-18(24)9-19(25)11-20)27(12-16(3)28)21(26-22)14-29-13-17-7-5-4-6-8-17/h4-11,15-16,28H,12-14H2,1-3H3. The molecule has 160 valence electrons. The molecule has 1 atom stereocenters. The number of benzene rings is 2. The van der Waals surface area contributed by atoms with Crippen LogP contribution in [0.1, 0.15) is 43.8 Å². The summed E-state index contributed by atoms with van der Waals surface area (Å²) in [6.07, 6.45) is -0.519. The lowest BCUT2D eigenvalue weighted by molar-refractivity contribution is 0.0952. The van der Waals surface area contributed by atoms with Crippen molar-refractivity contribution in [3.8, 4) is 0 Å². The Morgan fingerprint density at radius 2 is 1.70 bits per heavy atom. The Labute approximate surface area is 192 Å². The van der Waals surface area contributed by atoms with Gasteiger partial charge in [-0.1, -0.05) is 79.1 Å². The molecule has 0 spiro atoms. The van der Waals surface area contributed by atoms with Crippen LogP contribution in [0.5, 0.6) is 0 Å². The molecule has 1 unspecified atom stereocenters. The molecule has 3 aromatic rings. The van der Waals surface area contributed by atoms with Gasteiger partial charge in [-0.25, -0.2) is 4.98 Å². The molecule has 0 amide bonds. The molecule has 0 bridgehead atoms. The third-order valence-electron chi connectivity index (χ3n) is 4.41. The van der Waals surface area contributed by atoms with Crippen molar-refractivity contribution in [2.24, 2.45) is 0 Å². The van der Waals surface area contributed by atoms with Crippen LogP contribution in [0.2, 0.25) is 10.0 Å². The van der Waals surface area contributed by atoms with E-state index in [4.69, 9.17) is 32.9 Å². The smallest absolute Gasteiger partial charge is 0.136 e. The van der Waals surface area contributed by atoms with Crippen molar-refractivity contribution in [2.75, 3.05) is 0 Å². The van der Waals surface area contributed by atoms with Gasteiger partial charge in [-0.15, -0.1) is 0 Å². The van der Waals surface area contributed by atoms with Gasteiger partial charge in [-0.3, -0.25) is 0 Å². The highest BCUT2D eigenvalue weighted by Gasteiger charge is 2.22. The predicted octanol–water partition coefficient (Wildman–Crippen LogP) is 6.56. The largest absolute Gasteiger partial charge is 0.392 e. The number of rotatable bonds is 9. The van der Waals surface area contributed by atoms with Crippen LogP contribution >= 0.6 is 35.0 Å². The molecule has 30 heavy (non-hydrogen) atoms. The number of nitrogens with zero attached hydrogens (tertiary/aromatic N) is 2. The molecule has 2 aromatic carbocycles. The van der Waals surface area contributed by atoms with Crippen LogP contribution in [0, 0.1) is 0 Å². The monoisotopic (exact) mass is 464 g/mol. The molecule has 0 saturated carbocycles. The Bertz CT molecular complexity index is 955. The normalized spacial score (nSPS) is 12.5. The summed E-state index contributed by atoms with van der Waals surface area (Å²) in [5, 5.41) is 12.3. The number of hydrogen-bond acceptors (Lipinski definition) is 4. The lowest BCUT2D eigenvalue weighted by atomic mass is 10.1. The summed E-state index contributed by atoms with van der Waals surface area (Å²) >= 11 is 13.9. The fourth-order valence-electron chi connectivity index (χ4n) is 3.08. The minimum Gasteiger partial charge on any atom is -0.392 e. The highest BCUT2D eigenvalue weighted by molar-refractivity contribution is 7.99. The highest BCUT2D eigenvalue weighted by atomic mass is 35.5. The summed E-state index contributed by atoms with van der Waals surface area (Å²) in [5.41, 5.74) is 2.08. The van der Waals surface area contributed by atoms with Crippen LogP contribution < -0.4 is 0 Å². The molecule has 1 aromatic heterocycles. The van der Waals surface area contributed by atoms with Crippen molar-refractivity contribution >= 4 is 35.0 Å². The molecule has 0 radical (unpaired) electrons. The van der Waals surface area contributed by atoms with Gasteiger partial charge in [-0.05, 0) is 36.6 Å². The van der Waals surface area contributed by atoms with E-state index >= 15 is 0 Å². The molecular formula is C23H26Cl2N2O2S. The van der Waals surface area contributed by atoms with Crippen LogP contribution in [0.25, 0.3) is 0 Å². The predicted molar refractivity (Wildman–Crippen MR) is 124 cm³/mol. The molecule has 4 nitrogen and oxygen atoms in total. The van der Waals surface area contributed by atoms with E-state index in [0.29, 0.717) is 29.8 Å². The second kappa shape index (κ2) is 10.7. The number of aliphatic hydroxyl groups is 1. The fourth-order valence-corrected chi connectivity index (χ4v) is 5.01. The zero-order chi connectivity index (χ0) is 21.7. The first-order chi connectivity index (χ1) is 14.3. The van der Waals surface area contributed by atoms with E-state index in [0.717, 1.165) is 27.0 Å². The van der Waals surface area contributed by atoms with Gasteiger partial charge < -0.3 is 14.4 Å². The Morgan fingerprint density at radius 3 is 2.30 bits per heavy atom. The van der Waals surface area contributed by atoms with Gasteiger partial charge in [-0.2, -0.15) is 0 Å². The van der Waals surface area contributed by atoms with Crippen LogP contribution in [0.15, 0.2) is 58.5 Å². The van der Waals surface area contributed by atoms with Gasteiger partial charge in [0, 0.05) is 14.9 Å². The SMILES string of the molecule is CC(O)Cn1c(COCc2ccccc2)nc(C(C)C)c1Sc1cc(Cl)cc(Cl)c1. The number of aromatic nitrogens is 2. The molecule has 1 heterocycles. The van der Waals surface area contributed by atoms with E-state index in [1.165, 1.54) is 0 Å². The summed E-state index contributed by atoms with van der Waals surface area (Å²) in [4.78, 5) is 5.80. The number of imidazole rings is 1. The molecule has 1 N–H and O–H groups in total. The van der Waals surface area contributed by atoms with E-state index in [9.17, 15) is 5.11 Å². The second-order valence-electron chi connectivity index (χ2n) is 7.52. The Hall–Kier alpha value is -1.50. The molecule has 0 aliphatic heterocycles. The molecule has 0 saturated heterocycles. The van der Waals surface area contributed by atoms with Gasteiger partial charge in [0.05, 0.1) is 24.9 Å². The topological polar surface area (TPSA) is 47.3 Å². The number of halogens is 2. The fraction of sp³-hybridized carbons (Fsp3) is 0.348. The Morgan fingerprint density at radius 1 is 1.03 bits per heavy atom. The zero-order valence-corrected chi connectivity index (χ0v) is 19.6. The van der Waals surface area contributed by atoms with Crippen LogP contribution in [0.3, 0.4) is 0 Å². The van der Waals surface area contributed by atoms with Gasteiger partial charge >= 0.3 is 0 Å². The van der Waals surface area contributed by atoms with Crippen molar-refractivity contribution in [1.29, 1.82) is 0 Å². The summed E-state index contributed by atoms with van der Waals surface area (Å²) in [6, 6.07) is 15.5. The molecule has 3 rings (SSSR count). The highest BCUT2D eigenvalue weighted by Crippen LogP contribution is 2.37. The van der Waals surface area contributed by atoms with E-state index in [1.54, 1.807) is 24.8 Å². The van der Waals surface area contributed by atoms with E-state index in [1.807, 2.05) is 47.0 Å². The minimum atomic E-state index is -0.519. The zero-order valence-electron chi connectivity index (χ0n) is 17.3. The van der Waals surface area contributed by atoms with Gasteiger partial charge in [0.15, 0.2) is 0 Å². The van der Waals surface area contributed by atoms with E-state index < -0.39 is 6.10 Å².